The van der Waals surface area contributed by atoms with Crippen LogP contribution in [0.2, 0.25) is 0 Å². The molecule has 0 aliphatic heterocycles. The monoisotopic (exact) mass is 283 g/mol. The fourth-order valence-corrected chi connectivity index (χ4v) is 2.41. The van der Waals surface area contributed by atoms with Gasteiger partial charge in [0.15, 0.2) is 11.5 Å². The number of para-hydroxylation sites is 1. The van der Waals surface area contributed by atoms with Crippen molar-refractivity contribution in [3.8, 4) is 11.5 Å². The molecule has 0 spiro atoms. The van der Waals surface area contributed by atoms with Crippen molar-refractivity contribution in [2.24, 2.45) is 0 Å². The van der Waals surface area contributed by atoms with E-state index in [9.17, 15) is 0 Å². The van der Waals surface area contributed by atoms with Crippen LogP contribution in [0.15, 0.2) is 42.6 Å². The average Bonchev–Trinajstić information content (AvgIpc) is 3.01. The number of ether oxygens (including phenoxy) is 2. The first-order chi connectivity index (χ1) is 10.3. The fourth-order valence-electron chi connectivity index (χ4n) is 2.41. The molecule has 1 heterocycles. The van der Waals surface area contributed by atoms with Crippen molar-refractivity contribution in [2.75, 3.05) is 19.5 Å². The topological polar surface area (TPSA) is 59.2 Å². The van der Waals surface area contributed by atoms with Crippen molar-refractivity contribution in [1.29, 1.82) is 0 Å². The number of fused-ring (bicyclic) bond motifs is 1. The van der Waals surface area contributed by atoms with Crippen molar-refractivity contribution in [3.05, 3.63) is 48.2 Å². The van der Waals surface area contributed by atoms with Crippen LogP contribution in [0.5, 0.6) is 11.5 Å². The molecular formula is C16H17N3O2. The van der Waals surface area contributed by atoms with Gasteiger partial charge in [0, 0.05) is 23.2 Å². The van der Waals surface area contributed by atoms with E-state index in [0.717, 1.165) is 33.7 Å². The van der Waals surface area contributed by atoms with E-state index in [0.29, 0.717) is 6.54 Å². The molecule has 0 unspecified atom stereocenters. The molecule has 0 saturated carbocycles. The zero-order valence-corrected chi connectivity index (χ0v) is 12.0. The Hall–Kier alpha value is -2.69. The Morgan fingerprint density at radius 1 is 1.10 bits per heavy atom. The summed E-state index contributed by atoms with van der Waals surface area (Å²) in [5, 5.41) is 11.5. The maximum atomic E-state index is 5.44. The molecule has 0 radical (unpaired) electrons. The van der Waals surface area contributed by atoms with Gasteiger partial charge < -0.3 is 14.8 Å². The zero-order valence-electron chi connectivity index (χ0n) is 12.0. The van der Waals surface area contributed by atoms with Gasteiger partial charge in [0.05, 0.1) is 25.9 Å². The first kappa shape index (κ1) is 13.3. The van der Waals surface area contributed by atoms with Crippen LogP contribution in [-0.4, -0.2) is 24.4 Å². The van der Waals surface area contributed by atoms with Gasteiger partial charge in [-0.1, -0.05) is 18.2 Å². The second kappa shape index (κ2) is 5.75. The number of nitrogens with zero attached hydrogens (tertiary/aromatic N) is 1. The highest BCUT2D eigenvalue weighted by atomic mass is 16.5. The number of hydrogen-bond donors (Lipinski definition) is 2. The van der Waals surface area contributed by atoms with Crippen molar-refractivity contribution >= 4 is 16.6 Å². The van der Waals surface area contributed by atoms with Crippen LogP contribution in [0.3, 0.4) is 0 Å². The zero-order chi connectivity index (χ0) is 14.7. The molecule has 108 valence electrons. The Bertz CT molecular complexity index is 752. The molecule has 1 aromatic heterocycles. The third-order valence-electron chi connectivity index (χ3n) is 3.44. The molecule has 0 atom stereocenters. The average molecular weight is 283 g/mol. The smallest absolute Gasteiger partial charge is 0.165 e. The first-order valence-electron chi connectivity index (χ1n) is 6.69. The summed E-state index contributed by atoms with van der Waals surface area (Å²) >= 11 is 0. The van der Waals surface area contributed by atoms with Crippen molar-refractivity contribution in [2.45, 2.75) is 6.54 Å². The summed E-state index contributed by atoms with van der Waals surface area (Å²) < 4.78 is 10.8. The first-order valence-corrected chi connectivity index (χ1v) is 6.69. The maximum Gasteiger partial charge on any atom is 0.165 e. The van der Waals surface area contributed by atoms with Gasteiger partial charge in [-0.05, 0) is 18.2 Å². The summed E-state index contributed by atoms with van der Waals surface area (Å²) in [6.07, 6.45) is 1.82. The van der Waals surface area contributed by atoms with Crippen LogP contribution in [-0.2, 0) is 6.54 Å². The number of methoxy groups -OCH3 is 2. The van der Waals surface area contributed by atoms with Crippen LogP contribution in [0.1, 0.15) is 5.56 Å². The van der Waals surface area contributed by atoms with E-state index < -0.39 is 0 Å². The van der Waals surface area contributed by atoms with E-state index in [1.807, 2.05) is 42.6 Å². The minimum atomic E-state index is 0.644. The maximum absolute atomic E-state index is 5.44. The lowest BCUT2D eigenvalue weighted by molar-refractivity contribution is 0.352. The van der Waals surface area contributed by atoms with E-state index in [1.54, 1.807) is 14.2 Å². The van der Waals surface area contributed by atoms with Gasteiger partial charge in [0.2, 0.25) is 0 Å². The number of hydrogen-bond acceptors (Lipinski definition) is 4. The molecular weight excluding hydrogens is 266 g/mol. The number of nitrogens with one attached hydrogen (secondary N) is 2. The molecule has 0 bridgehead atoms. The molecule has 5 heteroatoms. The second-order valence-electron chi connectivity index (χ2n) is 4.64. The molecule has 3 aromatic rings. The fraction of sp³-hybridized carbons (Fsp3) is 0.188. The number of aromatic nitrogens is 2. The van der Waals surface area contributed by atoms with Gasteiger partial charge in [-0.3, -0.25) is 5.10 Å². The molecule has 0 aliphatic rings. The third-order valence-corrected chi connectivity index (χ3v) is 3.44. The van der Waals surface area contributed by atoms with Crippen LogP contribution in [0.4, 0.5) is 5.69 Å². The Balaban J connectivity index is 1.86. The SMILES string of the molecule is COc1cccc(CNc2cccc3[nH]ncc23)c1OC. The van der Waals surface area contributed by atoms with Crippen molar-refractivity contribution in [1.82, 2.24) is 10.2 Å². The van der Waals surface area contributed by atoms with Gasteiger partial charge >= 0.3 is 0 Å². The lowest BCUT2D eigenvalue weighted by Crippen LogP contribution is -2.03. The van der Waals surface area contributed by atoms with E-state index in [2.05, 4.69) is 15.5 Å². The molecule has 2 N–H and O–H groups in total. The number of anilines is 1. The van der Waals surface area contributed by atoms with E-state index >= 15 is 0 Å². The lowest BCUT2D eigenvalue weighted by Gasteiger charge is -2.14. The van der Waals surface area contributed by atoms with Crippen LogP contribution in [0.25, 0.3) is 10.9 Å². The number of H-pyrrole nitrogens is 1. The van der Waals surface area contributed by atoms with Gasteiger partial charge in [-0.2, -0.15) is 5.10 Å². The molecule has 2 aromatic carbocycles. The highest BCUT2D eigenvalue weighted by Gasteiger charge is 2.10. The molecule has 3 rings (SSSR count). The second-order valence-corrected chi connectivity index (χ2v) is 4.64. The minimum Gasteiger partial charge on any atom is -0.493 e. The van der Waals surface area contributed by atoms with Crippen molar-refractivity contribution < 1.29 is 9.47 Å². The lowest BCUT2D eigenvalue weighted by atomic mass is 10.1. The Morgan fingerprint density at radius 3 is 2.76 bits per heavy atom. The standard InChI is InChI=1S/C16H17N3O2/c1-20-15-8-3-5-11(16(15)21-2)9-17-13-6-4-7-14-12(13)10-18-19-14/h3-8,10,17H,9H2,1-2H3,(H,18,19). The summed E-state index contributed by atoms with van der Waals surface area (Å²) in [4.78, 5) is 0. The number of benzene rings is 2. The molecule has 0 amide bonds. The Morgan fingerprint density at radius 2 is 1.95 bits per heavy atom. The van der Waals surface area contributed by atoms with Crippen LogP contribution in [0, 0.1) is 0 Å². The normalized spacial score (nSPS) is 10.6. The molecule has 5 nitrogen and oxygen atoms in total. The highest BCUT2D eigenvalue weighted by Crippen LogP contribution is 2.31. The molecule has 0 aliphatic carbocycles. The predicted molar refractivity (Wildman–Crippen MR) is 83.0 cm³/mol. The summed E-state index contributed by atoms with van der Waals surface area (Å²) in [6, 6.07) is 11.9. The molecule has 0 fully saturated rings. The Kier molecular flexibility index (Phi) is 3.64. The van der Waals surface area contributed by atoms with Gasteiger partial charge in [-0.25, -0.2) is 0 Å². The van der Waals surface area contributed by atoms with E-state index in [1.165, 1.54) is 0 Å². The molecule has 0 saturated heterocycles. The van der Waals surface area contributed by atoms with Gasteiger partial charge in [0.1, 0.15) is 0 Å². The van der Waals surface area contributed by atoms with Crippen molar-refractivity contribution in [3.63, 3.8) is 0 Å². The summed E-state index contributed by atoms with van der Waals surface area (Å²) in [6.45, 7) is 0.644. The number of rotatable bonds is 5. The minimum absolute atomic E-state index is 0.644. The Labute approximate surface area is 122 Å². The summed E-state index contributed by atoms with van der Waals surface area (Å²) in [5.74, 6) is 1.49. The quantitative estimate of drug-likeness (QED) is 0.755. The van der Waals surface area contributed by atoms with Crippen LogP contribution >= 0.6 is 0 Å². The highest BCUT2D eigenvalue weighted by molar-refractivity contribution is 5.90. The van der Waals surface area contributed by atoms with Gasteiger partial charge in [0.25, 0.3) is 0 Å². The van der Waals surface area contributed by atoms with E-state index in [4.69, 9.17) is 9.47 Å². The van der Waals surface area contributed by atoms with Gasteiger partial charge in [-0.15, -0.1) is 0 Å². The largest absolute Gasteiger partial charge is 0.493 e. The summed E-state index contributed by atoms with van der Waals surface area (Å²) in [7, 11) is 3.29. The predicted octanol–water partition coefficient (Wildman–Crippen LogP) is 3.19. The third kappa shape index (κ3) is 2.50. The molecule has 21 heavy (non-hydrogen) atoms. The van der Waals surface area contributed by atoms with Crippen LogP contribution < -0.4 is 14.8 Å². The summed E-state index contributed by atoms with van der Waals surface area (Å²) in [5.41, 5.74) is 3.08. The number of aromatic amines is 1. The van der Waals surface area contributed by atoms with E-state index in [-0.39, 0.29) is 0 Å².